The Labute approximate surface area is 108 Å². The lowest BCUT2D eigenvalue weighted by atomic mass is 10.2. The molecule has 0 radical (unpaired) electrons. The van der Waals surface area contributed by atoms with E-state index in [0.29, 0.717) is 0 Å². The zero-order chi connectivity index (χ0) is 12.3. The molecule has 0 atom stereocenters. The minimum Gasteiger partial charge on any atom is -0.396 e. The Bertz CT molecular complexity index is 510. The van der Waals surface area contributed by atoms with Crippen molar-refractivity contribution < 1.29 is 5.11 Å². The lowest BCUT2D eigenvalue weighted by Gasteiger charge is -2.04. The average Bonchev–Trinajstić information content (AvgIpc) is 2.78. The van der Waals surface area contributed by atoms with Crippen molar-refractivity contribution in [3.8, 4) is 5.69 Å². The Morgan fingerprint density at radius 1 is 1.41 bits per heavy atom. The van der Waals surface area contributed by atoms with E-state index >= 15 is 0 Å². The van der Waals surface area contributed by atoms with Gasteiger partial charge in [0.2, 0.25) is 0 Å². The lowest BCUT2D eigenvalue weighted by molar-refractivity contribution is 0.288. The van der Waals surface area contributed by atoms with Crippen molar-refractivity contribution in [2.75, 3.05) is 6.61 Å². The molecule has 0 unspecified atom stereocenters. The minimum atomic E-state index is 0.183. The second-order valence-corrected chi connectivity index (χ2v) is 4.83. The molecule has 0 amide bonds. The van der Waals surface area contributed by atoms with Crippen LogP contribution in [0.4, 0.5) is 0 Å². The van der Waals surface area contributed by atoms with E-state index in [4.69, 9.17) is 5.11 Å². The van der Waals surface area contributed by atoms with E-state index in [1.165, 1.54) is 0 Å². The fourth-order valence-corrected chi connectivity index (χ4v) is 1.97. The highest BCUT2D eigenvalue weighted by atomic mass is 79.9. The van der Waals surface area contributed by atoms with Crippen molar-refractivity contribution in [2.24, 2.45) is 0 Å². The second-order valence-electron chi connectivity index (χ2n) is 3.91. The topological polar surface area (TPSA) is 50.9 Å². The molecule has 0 aliphatic rings. The van der Waals surface area contributed by atoms with Gasteiger partial charge in [0, 0.05) is 11.1 Å². The molecule has 2 rings (SSSR count). The predicted octanol–water partition coefficient (Wildman–Crippen LogP) is 2.26. The van der Waals surface area contributed by atoms with Gasteiger partial charge in [-0.1, -0.05) is 27.2 Å². The van der Waals surface area contributed by atoms with Gasteiger partial charge in [-0.2, -0.15) is 0 Å². The molecular weight excluding hydrogens is 282 g/mol. The van der Waals surface area contributed by atoms with Gasteiger partial charge in [0.25, 0.3) is 0 Å². The Morgan fingerprint density at radius 3 is 3.00 bits per heavy atom. The van der Waals surface area contributed by atoms with Crippen molar-refractivity contribution in [1.29, 1.82) is 0 Å². The Hall–Kier alpha value is -1.20. The van der Waals surface area contributed by atoms with Crippen LogP contribution in [0.3, 0.4) is 0 Å². The fourth-order valence-electron chi connectivity index (χ4n) is 1.62. The summed E-state index contributed by atoms with van der Waals surface area (Å²) in [5.74, 6) is 0. The zero-order valence-corrected chi connectivity index (χ0v) is 11.2. The predicted molar refractivity (Wildman–Crippen MR) is 69.2 cm³/mol. The van der Waals surface area contributed by atoms with Crippen LogP contribution in [0.15, 0.2) is 28.9 Å². The van der Waals surface area contributed by atoms with E-state index in [2.05, 4.69) is 26.2 Å². The van der Waals surface area contributed by atoms with Crippen molar-refractivity contribution >= 4 is 15.9 Å². The molecule has 1 heterocycles. The summed E-state index contributed by atoms with van der Waals surface area (Å²) >= 11 is 3.45. The number of aromatic nitrogens is 3. The Morgan fingerprint density at radius 2 is 2.24 bits per heavy atom. The van der Waals surface area contributed by atoms with Crippen LogP contribution in [-0.2, 0) is 6.42 Å². The number of aliphatic hydroxyl groups excluding tert-OH is 1. The lowest BCUT2D eigenvalue weighted by Crippen LogP contribution is -1.97. The number of hydrogen-bond acceptors (Lipinski definition) is 3. The van der Waals surface area contributed by atoms with Crippen LogP contribution in [0.25, 0.3) is 5.69 Å². The SMILES string of the molecule is Cc1ccc(Br)cc1-n1cc(CCCO)nn1. The number of hydrogen-bond donors (Lipinski definition) is 1. The molecule has 90 valence electrons. The van der Waals surface area contributed by atoms with Crippen molar-refractivity contribution in [2.45, 2.75) is 19.8 Å². The van der Waals surface area contributed by atoms with E-state index in [0.717, 1.165) is 34.3 Å². The number of halogens is 1. The molecule has 0 bridgehead atoms. The summed E-state index contributed by atoms with van der Waals surface area (Å²) in [4.78, 5) is 0. The van der Waals surface area contributed by atoms with Gasteiger partial charge in [-0.15, -0.1) is 5.10 Å². The summed E-state index contributed by atoms with van der Waals surface area (Å²) in [6, 6.07) is 6.05. The Balaban J connectivity index is 2.27. The molecular formula is C12H14BrN3O. The summed E-state index contributed by atoms with van der Waals surface area (Å²) in [6.07, 6.45) is 3.38. The maximum absolute atomic E-state index is 8.77. The van der Waals surface area contributed by atoms with Crippen LogP contribution in [-0.4, -0.2) is 26.7 Å². The van der Waals surface area contributed by atoms with E-state index < -0.39 is 0 Å². The van der Waals surface area contributed by atoms with Crippen LogP contribution in [0.2, 0.25) is 0 Å². The third kappa shape index (κ3) is 2.92. The normalized spacial score (nSPS) is 10.8. The van der Waals surface area contributed by atoms with Crippen LogP contribution >= 0.6 is 15.9 Å². The van der Waals surface area contributed by atoms with Gasteiger partial charge < -0.3 is 5.11 Å². The van der Waals surface area contributed by atoms with Gasteiger partial charge in [0.1, 0.15) is 0 Å². The Kier molecular flexibility index (Phi) is 3.91. The highest BCUT2D eigenvalue weighted by Crippen LogP contribution is 2.19. The first kappa shape index (κ1) is 12.3. The highest BCUT2D eigenvalue weighted by molar-refractivity contribution is 9.10. The smallest absolute Gasteiger partial charge is 0.0832 e. The molecule has 1 aromatic heterocycles. The van der Waals surface area contributed by atoms with E-state index in [9.17, 15) is 0 Å². The first-order valence-corrected chi connectivity index (χ1v) is 6.28. The van der Waals surface area contributed by atoms with Gasteiger partial charge in [-0.25, -0.2) is 4.68 Å². The van der Waals surface area contributed by atoms with Gasteiger partial charge in [0.05, 0.1) is 17.6 Å². The zero-order valence-electron chi connectivity index (χ0n) is 9.60. The number of aryl methyl sites for hydroxylation is 2. The molecule has 4 nitrogen and oxygen atoms in total. The third-order valence-corrected chi connectivity index (χ3v) is 3.04. The number of benzene rings is 1. The van der Waals surface area contributed by atoms with Crippen LogP contribution in [0, 0.1) is 6.92 Å². The first-order valence-electron chi connectivity index (χ1n) is 5.49. The van der Waals surface area contributed by atoms with E-state index in [-0.39, 0.29) is 6.61 Å². The molecule has 0 fully saturated rings. The summed E-state index contributed by atoms with van der Waals surface area (Å²) in [6.45, 7) is 2.22. The molecule has 0 saturated carbocycles. The monoisotopic (exact) mass is 295 g/mol. The molecule has 1 aromatic carbocycles. The standard InChI is InChI=1S/C12H14BrN3O/c1-9-4-5-10(13)7-12(9)16-8-11(14-15-16)3-2-6-17/h4-5,7-8,17H,2-3,6H2,1H3. The van der Waals surface area contributed by atoms with Crippen molar-refractivity contribution in [3.05, 3.63) is 40.1 Å². The summed E-state index contributed by atoms with van der Waals surface area (Å²) in [7, 11) is 0. The maximum Gasteiger partial charge on any atom is 0.0832 e. The van der Waals surface area contributed by atoms with Gasteiger partial charge in [0.15, 0.2) is 0 Å². The van der Waals surface area contributed by atoms with Gasteiger partial charge in [-0.05, 0) is 37.5 Å². The molecule has 5 heteroatoms. The van der Waals surface area contributed by atoms with Crippen LogP contribution in [0.5, 0.6) is 0 Å². The van der Waals surface area contributed by atoms with Gasteiger partial charge >= 0.3 is 0 Å². The number of rotatable bonds is 4. The molecule has 0 saturated heterocycles. The van der Waals surface area contributed by atoms with Gasteiger partial charge in [-0.3, -0.25) is 0 Å². The van der Waals surface area contributed by atoms with Crippen LogP contribution in [0.1, 0.15) is 17.7 Å². The first-order chi connectivity index (χ1) is 8.20. The highest BCUT2D eigenvalue weighted by Gasteiger charge is 2.05. The largest absolute Gasteiger partial charge is 0.396 e. The van der Waals surface area contributed by atoms with E-state index in [1.807, 2.05) is 31.3 Å². The quantitative estimate of drug-likeness (QED) is 0.941. The van der Waals surface area contributed by atoms with Crippen LogP contribution < -0.4 is 0 Å². The van der Waals surface area contributed by atoms with Crippen molar-refractivity contribution in [1.82, 2.24) is 15.0 Å². The summed E-state index contributed by atoms with van der Waals surface area (Å²) < 4.78 is 2.79. The fraction of sp³-hybridized carbons (Fsp3) is 0.333. The molecule has 2 aromatic rings. The number of nitrogens with zero attached hydrogens (tertiary/aromatic N) is 3. The summed E-state index contributed by atoms with van der Waals surface area (Å²) in [5, 5.41) is 17.0. The molecule has 1 N–H and O–H groups in total. The van der Waals surface area contributed by atoms with Crippen molar-refractivity contribution in [3.63, 3.8) is 0 Å². The minimum absolute atomic E-state index is 0.183. The number of aliphatic hydroxyl groups is 1. The molecule has 17 heavy (non-hydrogen) atoms. The summed E-state index contributed by atoms with van der Waals surface area (Å²) in [5.41, 5.74) is 3.06. The average molecular weight is 296 g/mol. The third-order valence-electron chi connectivity index (χ3n) is 2.55. The van der Waals surface area contributed by atoms with E-state index in [1.54, 1.807) is 4.68 Å². The molecule has 0 aliphatic heterocycles. The molecule has 0 spiro atoms. The maximum atomic E-state index is 8.77. The molecule has 0 aliphatic carbocycles. The second kappa shape index (κ2) is 5.42.